The molecule has 1 aliphatic carbocycles. The Kier molecular flexibility index (Phi) is 4.04. The lowest BCUT2D eigenvalue weighted by atomic mass is 9.92. The van der Waals surface area contributed by atoms with E-state index in [-0.39, 0.29) is 6.61 Å². The topological polar surface area (TPSA) is 66.4 Å². The zero-order valence-corrected chi connectivity index (χ0v) is 11.3. The number of aliphatic hydroxyl groups excluding tert-OH is 1. The third-order valence-electron chi connectivity index (χ3n) is 3.26. The molecule has 2 N–H and O–H groups in total. The van der Waals surface area contributed by atoms with E-state index in [1.54, 1.807) is 19.1 Å². The Morgan fingerprint density at radius 3 is 2.61 bits per heavy atom. The van der Waals surface area contributed by atoms with Crippen molar-refractivity contribution in [1.29, 1.82) is 0 Å². The van der Waals surface area contributed by atoms with Crippen molar-refractivity contribution >= 4 is 10.0 Å². The second-order valence-electron chi connectivity index (χ2n) is 4.84. The largest absolute Gasteiger partial charge is 0.395 e. The van der Waals surface area contributed by atoms with Gasteiger partial charge in [0.1, 0.15) is 0 Å². The lowest BCUT2D eigenvalue weighted by Gasteiger charge is -2.17. The third kappa shape index (κ3) is 2.91. The highest BCUT2D eigenvalue weighted by atomic mass is 32.2. The molecule has 1 aromatic rings. The van der Waals surface area contributed by atoms with Gasteiger partial charge < -0.3 is 5.11 Å². The summed E-state index contributed by atoms with van der Waals surface area (Å²) in [5.41, 5.74) is 2.40. The van der Waals surface area contributed by atoms with Crippen LogP contribution in [0.4, 0.5) is 0 Å². The standard InChI is InChI=1S/C13H19NO3S/c1-10(9-15)14-18(16,17)13-7-6-11-4-2-3-5-12(11)8-13/h6-8,10,14-15H,2-5,9H2,1H3/t10-/m1/s1. The first-order chi connectivity index (χ1) is 8.53. The maximum absolute atomic E-state index is 12.1. The number of hydrogen-bond acceptors (Lipinski definition) is 3. The SMILES string of the molecule is C[C@H](CO)NS(=O)(=O)c1ccc2c(c1)CCCC2. The maximum atomic E-state index is 12.1. The number of hydrogen-bond donors (Lipinski definition) is 2. The summed E-state index contributed by atoms with van der Waals surface area (Å²) in [6, 6.07) is 4.86. The molecule has 0 heterocycles. The molecule has 5 heteroatoms. The monoisotopic (exact) mass is 269 g/mol. The Morgan fingerprint density at radius 1 is 1.28 bits per heavy atom. The maximum Gasteiger partial charge on any atom is 0.240 e. The van der Waals surface area contributed by atoms with Crippen LogP contribution in [0.25, 0.3) is 0 Å². The smallest absolute Gasteiger partial charge is 0.240 e. The molecule has 18 heavy (non-hydrogen) atoms. The molecular formula is C13H19NO3S. The van der Waals surface area contributed by atoms with Crippen molar-refractivity contribution in [3.8, 4) is 0 Å². The van der Waals surface area contributed by atoms with Gasteiger partial charge in [0.25, 0.3) is 0 Å². The Bertz CT molecular complexity index is 525. The van der Waals surface area contributed by atoms with Crippen LogP contribution in [0.15, 0.2) is 23.1 Å². The summed E-state index contributed by atoms with van der Waals surface area (Å²) in [5.74, 6) is 0. The predicted molar refractivity (Wildman–Crippen MR) is 70.0 cm³/mol. The highest BCUT2D eigenvalue weighted by molar-refractivity contribution is 7.89. The van der Waals surface area contributed by atoms with Crippen LogP contribution < -0.4 is 4.72 Å². The van der Waals surface area contributed by atoms with E-state index in [1.807, 2.05) is 6.07 Å². The fourth-order valence-corrected chi connectivity index (χ4v) is 3.53. The van der Waals surface area contributed by atoms with Gasteiger partial charge in [0.05, 0.1) is 11.5 Å². The van der Waals surface area contributed by atoms with Gasteiger partial charge in [0.15, 0.2) is 0 Å². The fraction of sp³-hybridized carbons (Fsp3) is 0.538. The molecule has 0 spiro atoms. The second kappa shape index (κ2) is 5.38. The van der Waals surface area contributed by atoms with E-state index in [9.17, 15) is 8.42 Å². The minimum absolute atomic E-state index is 0.204. The number of rotatable bonds is 4. The van der Waals surface area contributed by atoms with E-state index in [0.29, 0.717) is 4.90 Å². The molecule has 0 saturated carbocycles. The molecule has 2 rings (SSSR count). The van der Waals surface area contributed by atoms with Crippen LogP contribution in [-0.4, -0.2) is 26.2 Å². The number of aryl methyl sites for hydroxylation is 2. The fourth-order valence-electron chi connectivity index (χ4n) is 2.25. The molecule has 1 aliphatic rings. The molecule has 0 aliphatic heterocycles. The number of nitrogens with one attached hydrogen (secondary N) is 1. The van der Waals surface area contributed by atoms with E-state index < -0.39 is 16.1 Å². The van der Waals surface area contributed by atoms with Crippen LogP contribution in [0.2, 0.25) is 0 Å². The van der Waals surface area contributed by atoms with Gasteiger partial charge >= 0.3 is 0 Å². The summed E-state index contributed by atoms with van der Waals surface area (Å²) in [7, 11) is -3.52. The van der Waals surface area contributed by atoms with Gasteiger partial charge in [-0.1, -0.05) is 6.07 Å². The highest BCUT2D eigenvalue weighted by Crippen LogP contribution is 2.24. The Hall–Kier alpha value is -0.910. The molecule has 1 atom stereocenters. The van der Waals surface area contributed by atoms with Gasteiger partial charge in [-0.05, 0) is 55.9 Å². The molecule has 0 radical (unpaired) electrons. The van der Waals surface area contributed by atoms with Crippen LogP contribution in [-0.2, 0) is 22.9 Å². The lowest BCUT2D eigenvalue weighted by molar-refractivity contribution is 0.265. The van der Waals surface area contributed by atoms with E-state index in [1.165, 1.54) is 12.0 Å². The molecule has 0 amide bonds. The minimum atomic E-state index is -3.52. The Balaban J connectivity index is 2.28. The van der Waals surface area contributed by atoms with Crippen molar-refractivity contribution in [2.75, 3.05) is 6.61 Å². The van der Waals surface area contributed by atoms with Crippen molar-refractivity contribution in [3.63, 3.8) is 0 Å². The van der Waals surface area contributed by atoms with Crippen molar-refractivity contribution in [1.82, 2.24) is 4.72 Å². The molecule has 0 saturated heterocycles. The first-order valence-electron chi connectivity index (χ1n) is 6.28. The summed E-state index contributed by atoms with van der Waals surface area (Å²) >= 11 is 0. The third-order valence-corrected chi connectivity index (χ3v) is 4.85. The Labute approximate surface area is 108 Å². The molecule has 0 unspecified atom stereocenters. The molecule has 0 fully saturated rings. The molecular weight excluding hydrogens is 250 g/mol. The van der Waals surface area contributed by atoms with Gasteiger partial charge in [-0.2, -0.15) is 0 Å². The number of sulfonamides is 1. The normalized spacial score (nSPS) is 17.2. The van der Waals surface area contributed by atoms with Crippen molar-refractivity contribution in [2.24, 2.45) is 0 Å². The van der Waals surface area contributed by atoms with E-state index in [2.05, 4.69) is 4.72 Å². The summed E-state index contributed by atoms with van der Waals surface area (Å²) < 4.78 is 26.6. The molecule has 4 nitrogen and oxygen atoms in total. The van der Waals surface area contributed by atoms with E-state index >= 15 is 0 Å². The van der Waals surface area contributed by atoms with Gasteiger partial charge in [0, 0.05) is 6.04 Å². The van der Waals surface area contributed by atoms with Gasteiger partial charge in [-0.3, -0.25) is 0 Å². The zero-order chi connectivity index (χ0) is 13.2. The van der Waals surface area contributed by atoms with Crippen molar-refractivity contribution in [3.05, 3.63) is 29.3 Å². The van der Waals surface area contributed by atoms with Crippen molar-refractivity contribution in [2.45, 2.75) is 43.5 Å². The van der Waals surface area contributed by atoms with Crippen LogP contribution in [0.1, 0.15) is 30.9 Å². The van der Waals surface area contributed by atoms with Crippen LogP contribution in [0.3, 0.4) is 0 Å². The van der Waals surface area contributed by atoms with Crippen LogP contribution in [0, 0.1) is 0 Å². The molecule has 0 bridgehead atoms. The van der Waals surface area contributed by atoms with Crippen LogP contribution in [0.5, 0.6) is 0 Å². The van der Waals surface area contributed by atoms with Gasteiger partial charge in [-0.15, -0.1) is 0 Å². The highest BCUT2D eigenvalue weighted by Gasteiger charge is 2.19. The second-order valence-corrected chi connectivity index (χ2v) is 6.56. The number of aliphatic hydroxyl groups is 1. The first-order valence-corrected chi connectivity index (χ1v) is 7.76. The molecule has 0 aromatic heterocycles. The summed E-state index contributed by atoms with van der Waals surface area (Å²) in [4.78, 5) is 0.295. The number of benzene rings is 1. The summed E-state index contributed by atoms with van der Waals surface area (Å²) in [6.07, 6.45) is 4.29. The Morgan fingerprint density at radius 2 is 1.94 bits per heavy atom. The minimum Gasteiger partial charge on any atom is -0.395 e. The van der Waals surface area contributed by atoms with E-state index in [4.69, 9.17) is 5.11 Å². The van der Waals surface area contributed by atoms with E-state index in [0.717, 1.165) is 24.8 Å². The summed E-state index contributed by atoms with van der Waals surface area (Å²) in [5, 5.41) is 8.91. The molecule has 100 valence electrons. The number of fused-ring (bicyclic) bond motifs is 1. The average molecular weight is 269 g/mol. The van der Waals surface area contributed by atoms with Crippen molar-refractivity contribution < 1.29 is 13.5 Å². The van der Waals surface area contributed by atoms with Crippen LogP contribution >= 0.6 is 0 Å². The average Bonchev–Trinajstić information content (AvgIpc) is 2.37. The summed E-state index contributed by atoms with van der Waals surface area (Å²) in [6.45, 7) is 1.43. The first kappa shape index (κ1) is 13.5. The van der Waals surface area contributed by atoms with Gasteiger partial charge in [-0.25, -0.2) is 13.1 Å². The predicted octanol–water partition coefficient (Wildman–Crippen LogP) is 1.22. The lowest BCUT2D eigenvalue weighted by Crippen LogP contribution is -2.35. The molecule has 1 aromatic carbocycles. The zero-order valence-electron chi connectivity index (χ0n) is 10.5. The quantitative estimate of drug-likeness (QED) is 0.864. The van der Waals surface area contributed by atoms with Gasteiger partial charge in [0.2, 0.25) is 10.0 Å².